The molecule has 0 radical (unpaired) electrons. The van der Waals surface area contributed by atoms with E-state index in [0.717, 1.165) is 16.5 Å². The van der Waals surface area contributed by atoms with Gasteiger partial charge in [0.15, 0.2) is 0 Å². The van der Waals surface area contributed by atoms with E-state index >= 15 is 0 Å². The summed E-state index contributed by atoms with van der Waals surface area (Å²) in [5.41, 5.74) is 2.30. The second-order valence-electron chi connectivity index (χ2n) is 5.87. The Balaban J connectivity index is 1.90. The number of hydrogen-bond acceptors (Lipinski definition) is 3. The van der Waals surface area contributed by atoms with Crippen molar-refractivity contribution >= 4 is 16.8 Å². The number of pyridine rings is 1. The number of carbonyl (C=O) groups is 1. The van der Waals surface area contributed by atoms with Crippen molar-refractivity contribution in [2.24, 2.45) is 0 Å². The number of amides is 1. The Bertz CT molecular complexity index is 962. The molecular weight excluding hydrogens is 316 g/mol. The maximum atomic E-state index is 12.5. The number of carbonyl (C=O) groups excluding carboxylic acids is 1. The molecule has 0 aliphatic heterocycles. The van der Waals surface area contributed by atoms with Gasteiger partial charge in [-0.3, -0.25) is 14.2 Å². The van der Waals surface area contributed by atoms with Crippen molar-refractivity contribution in [3.05, 3.63) is 76.1 Å². The second-order valence-corrected chi connectivity index (χ2v) is 5.87. The van der Waals surface area contributed by atoms with Crippen LogP contribution in [0.3, 0.4) is 0 Å². The highest BCUT2D eigenvalue weighted by Gasteiger charge is 2.13. The summed E-state index contributed by atoms with van der Waals surface area (Å²) in [6.45, 7) is 2.25. The molecule has 128 valence electrons. The van der Waals surface area contributed by atoms with Crippen LogP contribution in [0.5, 0.6) is 5.75 Å². The number of fused-ring (bicyclic) bond motifs is 1. The number of ether oxygens (including phenoxy) is 1. The molecule has 3 rings (SSSR count). The Labute approximate surface area is 145 Å². The van der Waals surface area contributed by atoms with Crippen LogP contribution < -0.4 is 15.6 Å². The molecule has 0 saturated carbocycles. The van der Waals surface area contributed by atoms with Crippen LogP contribution in [-0.4, -0.2) is 17.6 Å². The Morgan fingerprint density at radius 2 is 1.88 bits per heavy atom. The zero-order chi connectivity index (χ0) is 17.8. The van der Waals surface area contributed by atoms with Gasteiger partial charge in [0.25, 0.3) is 5.56 Å². The number of aryl methyl sites for hydroxylation is 1. The summed E-state index contributed by atoms with van der Waals surface area (Å²) >= 11 is 0. The standard InChI is InChI=1S/C20H20N2O3/c1-14-11-19(24)22(20-16(14)9-6-10-17(20)25-2)13-18(23)21-12-15-7-4-3-5-8-15/h3-11H,12-13H2,1-2H3,(H,21,23). The Morgan fingerprint density at radius 3 is 2.60 bits per heavy atom. The predicted octanol–water partition coefficient (Wildman–Crippen LogP) is 2.63. The van der Waals surface area contributed by atoms with Crippen LogP contribution in [0.2, 0.25) is 0 Å². The number of hydrogen-bond donors (Lipinski definition) is 1. The second kappa shape index (κ2) is 7.21. The van der Waals surface area contributed by atoms with Gasteiger partial charge >= 0.3 is 0 Å². The Hall–Kier alpha value is -3.08. The van der Waals surface area contributed by atoms with Crippen molar-refractivity contribution in [2.75, 3.05) is 7.11 Å². The quantitative estimate of drug-likeness (QED) is 0.779. The van der Waals surface area contributed by atoms with Crippen LogP contribution in [0.4, 0.5) is 0 Å². The van der Waals surface area contributed by atoms with Gasteiger partial charge in [0.05, 0.1) is 12.6 Å². The minimum atomic E-state index is -0.220. The molecule has 1 heterocycles. The molecule has 0 saturated heterocycles. The number of para-hydroxylation sites is 1. The van der Waals surface area contributed by atoms with Crippen molar-refractivity contribution in [3.8, 4) is 5.75 Å². The lowest BCUT2D eigenvalue weighted by atomic mass is 10.1. The maximum Gasteiger partial charge on any atom is 0.251 e. The van der Waals surface area contributed by atoms with Gasteiger partial charge in [0.2, 0.25) is 5.91 Å². The lowest BCUT2D eigenvalue weighted by molar-refractivity contribution is -0.121. The molecule has 0 atom stereocenters. The summed E-state index contributed by atoms with van der Waals surface area (Å²) in [6, 6.07) is 16.8. The van der Waals surface area contributed by atoms with Gasteiger partial charge < -0.3 is 10.1 Å². The van der Waals surface area contributed by atoms with E-state index in [9.17, 15) is 9.59 Å². The highest BCUT2D eigenvalue weighted by molar-refractivity contribution is 5.89. The molecule has 25 heavy (non-hydrogen) atoms. The minimum Gasteiger partial charge on any atom is -0.495 e. The highest BCUT2D eigenvalue weighted by atomic mass is 16.5. The fourth-order valence-electron chi connectivity index (χ4n) is 2.89. The van der Waals surface area contributed by atoms with E-state index in [0.29, 0.717) is 17.8 Å². The molecule has 1 amide bonds. The first kappa shape index (κ1) is 16.8. The number of rotatable bonds is 5. The molecule has 3 aromatic rings. The van der Waals surface area contributed by atoms with E-state index in [1.165, 1.54) is 4.57 Å². The topological polar surface area (TPSA) is 60.3 Å². The number of benzene rings is 2. The van der Waals surface area contributed by atoms with Crippen LogP contribution in [0.15, 0.2) is 59.4 Å². The predicted molar refractivity (Wildman–Crippen MR) is 97.8 cm³/mol. The molecule has 1 N–H and O–H groups in total. The molecule has 1 aromatic heterocycles. The Morgan fingerprint density at radius 1 is 1.12 bits per heavy atom. The molecule has 0 unspecified atom stereocenters. The lowest BCUT2D eigenvalue weighted by Gasteiger charge is -2.15. The van der Waals surface area contributed by atoms with E-state index in [2.05, 4.69) is 5.32 Å². The first-order valence-corrected chi connectivity index (χ1v) is 8.08. The monoisotopic (exact) mass is 336 g/mol. The first-order valence-electron chi connectivity index (χ1n) is 8.08. The average Bonchev–Trinajstić information content (AvgIpc) is 2.63. The average molecular weight is 336 g/mol. The highest BCUT2D eigenvalue weighted by Crippen LogP contribution is 2.26. The fraction of sp³-hybridized carbons (Fsp3) is 0.200. The van der Waals surface area contributed by atoms with Crippen LogP contribution in [0.1, 0.15) is 11.1 Å². The summed E-state index contributed by atoms with van der Waals surface area (Å²) in [5, 5.41) is 3.75. The molecule has 5 nitrogen and oxygen atoms in total. The van der Waals surface area contributed by atoms with Gasteiger partial charge in [0, 0.05) is 18.0 Å². The summed E-state index contributed by atoms with van der Waals surface area (Å²) in [4.78, 5) is 24.8. The third kappa shape index (κ3) is 3.55. The smallest absolute Gasteiger partial charge is 0.251 e. The minimum absolute atomic E-state index is 0.0528. The largest absolute Gasteiger partial charge is 0.495 e. The molecule has 0 aliphatic rings. The van der Waals surface area contributed by atoms with Crippen molar-refractivity contribution in [1.82, 2.24) is 9.88 Å². The van der Waals surface area contributed by atoms with Gasteiger partial charge in [0.1, 0.15) is 12.3 Å². The van der Waals surface area contributed by atoms with E-state index < -0.39 is 0 Å². The summed E-state index contributed by atoms with van der Waals surface area (Å²) in [7, 11) is 1.56. The zero-order valence-electron chi connectivity index (χ0n) is 14.3. The van der Waals surface area contributed by atoms with Gasteiger partial charge in [-0.05, 0) is 24.1 Å². The summed E-state index contributed by atoms with van der Waals surface area (Å²) < 4.78 is 6.86. The zero-order valence-corrected chi connectivity index (χ0v) is 14.3. The molecular formula is C20H20N2O3. The van der Waals surface area contributed by atoms with Crippen molar-refractivity contribution in [1.29, 1.82) is 0 Å². The normalized spacial score (nSPS) is 10.6. The molecule has 5 heteroatoms. The van der Waals surface area contributed by atoms with Crippen LogP contribution >= 0.6 is 0 Å². The first-order chi connectivity index (χ1) is 12.1. The molecule has 0 spiro atoms. The molecule has 0 aliphatic carbocycles. The van der Waals surface area contributed by atoms with Gasteiger partial charge in [-0.2, -0.15) is 0 Å². The van der Waals surface area contributed by atoms with Crippen molar-refractivity contribution in [3.63, 3.8) is 0 Å². The van der Waals surface area contributed by atoms with Gasteiger partial charge in [-0.1, -0.05) is 42.5 Å². The Kier molecular flexibility index (Phi) is 4.84. The van der Waals surface area contributed by atoms with Crippen molar-refractivity contribution < 1.29 is 9.53 Å². The number of nitrogens with one attached hydrogen (secondary N) is 1. The number of methoxy groups -OCH3 is 1. The van der Waals surface area contributed by atoms with E-state index in [-0.39, 0.29) is 18.0 Å². The van der Waals surface area contributed by atoms with Crippen LogP contribution in [0, 0.1) is 6.92 Å². The van der Waals surface area contributed by atoms with E-state index in [4.69, 9.17) is 4.74 Å². The third-order valence-corrected chi connectivity index (χ3v) is 4.15. The summed E-state index contributed by atoms with van der Waals surface area (Å²) in [6.07, 6.45) is 0. The fourth-order valence-corrected chi connectivity index (χ4v) is 2.89. The molecule has 0 fully saturated rings. The molecule has 0 bridgehead atoms. The van der Waals surface area contributed by atoms with Gasteiger partial charge in [-0.15, -0.1) is 0 Å². The SMILES string of the molecule is COc1cccc2c(C)cc(=O)n(CC(=O)NCc3ccccc3)c12. The van der Waals surface area contributed by atoms with E-state index in [1.807, 2.05) is 49.4 Å². The third-order valence-electron chi connectivity index (χ3n) is 4.15. The van der Waals surface area contributed by atoms with E-state index in [1.54, 1.807) is 19.2 Å². The van der Waals surface area contributed by atoms with Crippen LogP contribution in [-0.2, 0) is 17.9 Å². The molecule has 2 aromatic carbocycles. The van der Waals surface area contributed by atoms with Crippen LogP contribution in [0.25, 0.3) is 10.9 Å². The number of nitrogens with zero attached hydrogens (tertiary/aromatic N) is 1. The summed E-state index contributed by atoms with van der Waals surface area (Å²) in [5.74, 6) is 0.358. The van der Waals surface area contributed by atoms with Gasteiger partial charge in [-0.25, -0.2) is 0 Å². The van der Waals surface area contributed by atoms with Crippen molar-refractivity contribution in [2.45, 2.75) is 20.0 Å². The number of aromatic nitrogens is 1. The lowest BCUT2D eigenvalue weighted by Crippen LogP contribution is -2.32. The maximum absolute atomic E-state index is 12.5.